The number of piperidine rings is 1. The Balaban J connectivity index is 0.000000451. The topological polar surface area (TPSA) is 114 Å². The van der Waals surface area contributed by atoms with E-state index in [4.69, 9.17) is 9.90 Å². The number of rotatable bonds is 5. The Morgan fingerprint density at radius 2 is 1.81 bits per heavy atom. The highest BCUT2D eigenvalue weighted by molar-refractivity contribution is 5.74. The van der Waals surface area contributed by atoms with E-state index >= 15 is 0 Å². The van der Waals surface area contributed by atoms with Gasteiger partial charge in [-0.25, -0.2) is 14.6 Å². The summed E-state index contributed by atoms with van der Waals surface area (Å²) in [7, 11) is 4.00. The van der Waals surface area contributed by atoms with Gasteiger partial charge in [0.1, 0.15) is 5.82 Å². The summed E-state index contributed by atoms with van der Waals surface area (Å²) in [5.41, 5.74) is 1.02. The minimum absolute atomic E-state index is 0.0304. The summed E-state index contributed by atoms with van der Waals surface area (Å²) < 4.78 is 31.7. The average molecular weight is 456 g/mol. The number of amides is 2. The van der Waals surface area contributed by atoms with Crippen LogP contribution in [0.3, 0.4) is 0 Å². The molecule has 0 unspecified atom stereocenters. The second-order valence-electron chi connectivity index (χ2n) is 7.51. The molecule has 1 aromatic heterocycles. The van der Waals surface area contributed by atoms with Crippen LogP contribution in [-0.4, -0.2) is 88.5 Å². The highest BCUT2D eigenvalue weighted by atomic mass is 19.4. The van der Waals surface area contributed by atoms with Gasteiger partial charge in [0.2, 0.25) is 0 Å². The van der Waals surface area contributed by atoms with Gasteiger partial charge in [0.05, 0.1) is 0 Å². The van der Waals surface area contributed by atoms with Gasteiger partial charge in [0.25, 0.3) is 0 Å². The lowest BCUT2D eigenvalue weighted by atomic mass is 9.96. The molecule has 0 bridgehead atoms. The molecule has 1 aliphatic rings. The number of likely N-dealkylation sites (tertiary alicyclic amines) is 1. The number of hydrogen-bond acceptors (Lipinski definition) is 5. The van der Waals surface area contributed by atoms with Crippen LogP contribution in [0.5, 0.6) is 0 Å². The third-order valence-electron chi connectivity index (χ3n) is 4.78. The predicted octanol–water partition coefficient (Wildman–Crippen LogP) is 2.56. The van der Waals surface area contributed by atoms with E-state index in [1.165, 1.54) is 0 Å². The van der Waals surface area contributed by atoms with Crippen molar-refractivity contribution in [3.8, 4) is 11.4 Å². The van der Waals surface area contributed by atoms with Gasteiger partial charge in [-0.3, -0.25) is 5.10 Å². The van der Waals surface area contributed by atoms with Crippen molar-refractivity contribution in [1.29, 1.82) is 0 Å². The number of aliphatic carboxylic acids is 1. The van der Waals surface area contributed by atoms with Crippen LogP contribution in [-0.2, 0) is 4.79 Å². The zero-order chi connectivity index (χ0) is 23.7. The maximum atomic E-state index is 12.2. The number of carboxylic acid groups (broad SMARTS) is 1. The first-order chi connectivity index (χ1) is 15.1. The molecular weight excluding hydrogens is 429 g/mol. The van der Waals surface area contributed by atoms with E-state index in [1.807, 2.05) is 49.3 Å². The summed E-state index contributed by atoms with van der Waals surface area (Å²) in [6, 6.07) is 10.00. The molecule has 0 radical (unpaired) electrons. The van der Waals surface area contributed by atoms with Crippen LogP contribution in [0.2, 0.25) is 0 Å². The first kappa shape index (κ1) is 25.1. The number of halogens is 3. The predicted molar refractivity (Wildman–Crippen MR) is 111 cm³/mol. The van der Waals surface area contributed by atoms with Crippen molar-refractivity contribution >= 4 is 12.0 Å². The lowest BCUT2D eigenvalue weighted by Crippen LogP contribution is -2.45. The molecule has 32 heavy (non-hydrogen) atoms. The smallest absolute Gasteiger partial charge is 0.475 e. The van der Waals surface area contributed by atoms with Crippen LogP contribution < -0.4 is 5.32 Å². The number of nitrogens with zero attached hydrogens (tertiary/aromatic N) is 4. The van der Waals surface area contributed by atoms with E-state index in [9.17, 15) is 18.0 Å². The van der Waals surface area contributed by atoms with Crippen LogP contribution in [0.1, 0.15) is 24.6 Å². The molecule has 176 valence electrons. The summed E-state index contributed by atoms with van der Waals surface area (Å²) in [5, 5.41) is 17.5. The van der Waals surface area contributed by atoms with Crippen molar-refractivity contribution in [2.75, 3.05) is 40.3 Å². The van der Waals surface area contributed by atoms with Gasteiger partial charge in [-0.15, -0.1) is 0 Å². The molecule has 0 saturated carbocycles. The molecule has 12 heteroatoms. The fraction of sp³-hybridized carbons (Fsp3) is 0.500. The Morgan fingerprint density at radius 1 is 1.22 bits per heavy atom. The number of carbonyl (C=O) groups excluding carboxylic acids is 1. The number of urea groups is 1. The van der Waals surface area contributed by atoms with Crippen molar-refractivity contribution in [3.05, 3.63) is 36.2 Å². The van der Waals surface area contributed by atoms with Gasteiger partial charge < -0.3 is 20.2 Å². The van der Waals surface area contributed by atoms with Gasteiger partial charge in [-0.2, -0.15) is 18.3 Å². The van der Waals surface area contributed by atoms with Gasteiger partial charge >= 0.3 is 18.2 Å². The molecular formula is C20H27F3N6O3. The van der Waals surface area contributed by atoms with E-state index in [-0.39, 0.29) is 6.03 Å². The lowest BCUT2D eigenvalue weighted by Gasteiger charge is -2.31. The Kier molecular flexibility index (Phi) is 9.00. The van der Waals surface area contributed by atoms with Gasteiger partial charge in [0, 0.05) is 37.7 Å². The average Bonchev–Trinajstić information content (AvgIpc) is 3.24. The number of hydrogen-bond donors (Lipinski definition) is 3. The Hall–Kier alpha value is -3.15. The Bertz CT molecular complexity index is 865. The number of aromatic nitrogens is 3. The molecule has 3 N–H and O–H groups in total. The highest BCUT2D eigenvalue weighted by Crippen LogP contribution is 2.27. The Morgan fingerprint density at radius 3 is 2.34 bits per heavy atom. The van der Waals surface area contributed by atoms with Crippen LogP contribution in [0.25, 0.3) is 11.4 Å². The molecule has 1 fully saturated rings. The molecule has 0 atom stereocenters. The maximum absolute atomic E-state index is 12.2. The maximum Gasteiger partial charge on any atom is 0.490 e. The number of carboxylic acids is 1. The molecule has 0 aliphatic carbocycles. The molecule has 1 aliphatic heterocycles. The monoisotopic (exact) mass is 456 g/mol. The standard InChI is InChI=1S/C18H26N6O.C2HF3O2/c1-23(2)13-10-19-18(25)24-11-8-15(9-12-24)17-20-16(21-22-17)14-6-4-3-5-7-14;3-2(4,5)1(6)7/h3-7,15H,8-13H2,1-2H3,(H,19,25)(H,20,21,22);(H,6,7). The lowest BCUT2D eigenvalue weighted by molar-refractivity contribution is -0.192. The van der Waals surface area contributed by atoms with Crippen LogP contribution in [0.15, 0.2) is 30.3 Å². The van der Waals surface area contributed by atoms with Crippen LogP contribution in [0, 0.1) is 0 Å². The number of nitrogens with one attached hydrogen (secondary N) is 2. The second-order valence-corrected chi connectivity index (χ2v) is 7.51. The van der Waals surface area contributed by atoms with Crippen LogP contribution in [0.4, 0.5) is 18.0 Å². The largest absolute Gasteiger partial charge is 0.490 e. The van der Waals surface area contributed by atoms with Crippen molar-refractivity contribution < 1.29 is 27.9 Å². The second kappa shape index (κ2) is 11.5. The minimum atomic E-state index is -5.08. The zero-order valence-electron chi connectivity index (χ0n) is 17.9. The highest BCUT2D eigenvalue weighted by Gasteiger charge is 2.38. The molecule has 9 nitrogen and oxygen atoms in total. The summed E-state index contributed by atoms with van der Waals surface area (Å²) >= 11 is 0. The van der Waals surface area contributed by atoms with Crippen molar-refractivity contribution in [2.24, 2.45) is 0 Å². The molecule has 0 spiro atoms. The molecule has 2 aromatic rings. The molecule has 2 heterocycles. The van der Waals surface area contributed by atoms with Gasteiger partial charge in [-0.1, -0.05) is 30.3 Å². The third kappa shape index (κ3) is 7.84. The number of benzene rings is 1. The van der Waals surface area contributed by atoms with Crippen LogP contribution >= 0.6 is 0 Å². The van der Waals surface area contributed by atoms with E-state index in [0.717, 1.165) is 49.7 Å². The summed E-state index contributed by atoms with van der Waals surface area (Å²) in [6.45, 7) is 3.02. The minimum Gasteiger partial charge on any atom is -0.475 e. The zero-order valence-corrected chi connectivity index (χ0v) is 17.9. The van der Waals surface area contributed by atoms with Gasteiger partial charge in [0.15, 0.2) is 5.82 Å². The molecule has 1 aromatic carbocycles. The number of alkyl halides is 3. The number of H-pyrrole nitrogens is 1. The molecule has 1 saturated heterocycles. The first-order valence-electron chi connectivity index (χ1n) is 10.0. The summed E-state index contributed by atoms with van der Waals surface area (Å²) in [5.74, 6) is -0.769. The van der Waals surface area contributed by atoms with E-state index < -0.39 is 12.1 Å². The third-order valence-corrected chi connectivity index (χ3v) is 4.78. The number of aromatic amines is 1. The number of carbonyl (C=O) groups is 2. The molecule has 3 rings (SSSR count). The fourth-order valence-corrected chi connectivity index (χ4v) is 3.03. The normalized spacial score (nSPS) is 14.6. The van der Waals surface area contributed by atoms with Gasteiger partial charge in [-0.05, 0) is 26.9 Å². The quantitative estimate of drug-likeness (QED) is 0.637. The fourth-order valence-electron chi connectivity index (χ4n) is 3.03. The van der Waals surface area contributed by atoms with E-state index in [1.54, 1.807) is 0 Å². The van der Waals surface area contributed by atoms with Crippen molar-refractivity contribution in [1.82, 2.24) is 30.3 Å². The SMILES string of the molecule is CN(C)CCNC(=O)N1CCC(c2nc(-c3ccccc3)n[nH]2)CC1.O=C(O)C(F)(F)F. The van der Waals surface area contributed by atoms with E-state index in [0.29, 0.717) is 12.5 Å². The summed E-state index contributed by atoms with van der Waals surface area (Å²) in [4.78, 5) is 29.7. The number of likely N-dealkylation sites (N-methyl/N-ethyl adjacent to an activating group) is 1. The molecule has 2 amide bonds. The Labute approximate surface area is 183 Å². The first-order valence-corrected chi connectivity index (χ1v) is 10.0. The van der Waals surface area contributed by atoms with E-state index in [2.05, 4.69) is 25.4 Å². The summed E-state index contributed by atoms with van der Waals surface area (Å²) in [6.07, 6.45) is -3.27. The van der Waals surface area contributed by atoms with Crippen molar-refractivity contribution in [3.63, 3.8) is 0 Å². The van der Waals surface area contributed by atoms with Crippen molar-refractivity contribution in [2.45, 2.75) is 24.9 Å².